The van der Waals surface area contributed by atoms with Crippen LogP contribution in [0.15, 0.2) is 32.5 Å². The van der Waals surface area contributed by atoms with Gasteiger partial charge in [0.05, 0.1) is 28.2 Å². The molecule has 0 radical (unpaired) electrons. The number of hydrogen-bond donors (Lipinski definition) is 1. The molecule has 1 amide bonds. The summed E-state index contributed by atoms with van der Waals surface area (Å²) < 4.78 is 11.1. The third-order valence-electron chi connectivity index (χ3n) is 4.83. The number of nitrogens with one attached hydrogen (secondary N) is 1. The van der Waals surface area contributed by atoms with Crippen LogP contribution in [0.3, 0.4) is 0 Å². The third-order valence-corrected chi connectivity index (χ3v) is 5.61. The highest BCUT2D eigenvalue weighted by Crippen LogP contribution is 2.40. The minimum absolute atomic E-state index is 0.192. The fourth-order valence-electron chi connectivity index (χ4n) is 3.23. The minimum Gasteiger partial charge on any atom is -0.458 e. The number of carbonyl (C=O) groups excluding carboxylic acids is 1. The summed E-state index contributed by atoms with van der Waals surface area (Å²) in [6, 6.07) is 5.59. The predicted molar refractivity (Wildman–Crippen MR) is 104 cm³/mol. The van der Waals surface area contributed by atoms with E-state index < -0.39 is 0 Å². The Morgan fingerprint density at radius 2 is 2.14 bits per heavy atom. The highest BCUT2D eigenvalue weighted by molar-refractivity contribution is 7.09. The quantitative estimate of drug-likeness (QED) is 0.540. The number of fused-ring (bicyclic) bond motifs is 1. The van der Waals surface area contributed by atoms with Crippen LogP contribution in [-0.4, -0.2) is 21.0 Å². The van der Waals surface area contributed by atoms with Gasteiger partial charge in [0.15, 0.2) is 5.76 Å². The Morgan fingerprint density at radius 1 is 1.29 bits per heavy atom. The molecule has 7 nitrogen and oxygen atoms in total. The Labute approximate surface area is 164 Å². The summed E-state index contributed by atoms with van der Waals surface area (Å²) >= 11 is 1.57. The largest absolute Gasteiger partial charge is 0.458 e. The number of furan rings is 1. The van der Waals surface area contributed by atoms with Gasteiger partial charge in [0, 0.05) is 17.0 Å². The van der Waals surface area contributed by atoms with E-state index in [0.29, 0.717) is 39.8 Å². The molecule has 0 saturated heterocycles. The monoisotopic (exact) mass is 394 g/mol. The van der Waals surface area contributed by atoms with Crippen molar-refractivity contribution in [3.8, 4) is 11.5 Å². The van der Waals surface area contributed by atoms with Gasteiger partial charge in [-0.3, -0.25) is 4.79 Å². The van der Waals surface area contributed by atoms with E-state index in [9.17, 15) is 4.79 Å². The summed E-state index contributed by atoms with van der Waals surface area (Å²) in [6.45, 7) is 4.06. The van der Waals surface area contributed by atoms with E-state index in [2.05, 4.69) is 20.4 Å². The van der Waals surface area contributed by atoms with Gasteiger partial charge in [0.1, 0.15) is 11.5 Å². The molecule has 1 fully saturated rings. The van der Waals surface area contributed by atoms with Crippen LogP contribution < -0.4 is 5.32 Å². The van der Waals surface area contributed by atoms with Gasteiger partial charge in [-0.05, 0) is 44.9 Å². The zero-order valence-electron chi connectivity index (χ0n) is 15.5. The van der Waals surface area contributed by atoms with E-state index in [1.54, 1.807) is 11.3 Å². The first-order valence-corrected chi connectivity index (χ1v) is 10.0. The first-order valence-electron chi connectivity index (χ1n) is 9.15. The number of hydrogen-bond acceptors (Lipinski definition) is 7. The first kappa shape index (κ1) is 17.1. The number of carbonyl (C=O) groups is 1. The van der Waals surface area contributed by atoms with Gasteiger partial charge < -0.3 is 14.3 Å². The van der Waals surface area contributed by atoms with Crippen LogP contribution in [-0.2, 0) is 6.54 Å². The molecule has 1 saturated carbocycles. The predicted octanol–water partition coefficient (Wildman–Crippen LogP) is 4.36. The lowest BCUT2D eigenvalue weighted by molar-refractivity contribution is 0.0949. The average Bonchev–Trinajstić information content (AvgIpc) is 3.09. The van der Waals surface area contributed by atoms with E-state index in [1.807, 2.05) is 37.4 Å². The van der Waals surface area contributed by atoms with Crippen molar-refractivity contribution in [3.05, 3.63) is 51.3 Å². The number of amides is 1. The highest BCUT2D eigenvalue weighted by Gasteiger charge is 2.28. The van der Waals surface area contributed by atoms with Crippen molar-refractivity contribution in [2.45, 2.75) is 39.2 Å². The number of aryl methyl sites for hydroxylation is 2. The molecule has 0 atom stereocenters. The maximum absolute atomic E-state index is 12.9. The minimum atomic E-state index is -0.192. The van der Waals surface area contributed by atoms with Gasteiger partial charge in [0.2, 0.25) is 0 Å². The van der Waals surface area contributed by atoms with Crippen molar-refractivity contribution in [1.82, 2.24) is 20.4 Å². The number of aromatic nitrogens is 3. The van der Waals surface area contributed by atoms with E-state index in [-0.39, 0.29) is 12.5 Å². The van der Waals surface area contributed by atoms with Gasteiger partial charge in [-0.2, -0.15) is 0 Å². The number of rotatable bonds is 5. The lowest BCUT2D eigenvalue weighted by Crippen LogP contribution is -2.23. The molecule has 1 N–H and O–H groups in total. The van der Waals surface area contributed by atoms with E-state index in [4.69, 9.17) is 8.94 Å². The Kier molecular flexibility index (Phi) is 4.01. The van der Waals surface area contributed by atoms with Crippen LogP contribution in [0, 0.1) is 13.8 Å². The molecule has 1 aliphatic rings. The number of pyridine rings is 1. The maximum Gasteiger partial charge on any atom is 0.259 e. The molecule has 0 aliphatic heterocycles. The molecule has 5 rings (SSSR count). The molecule has 4 heterocycles. The second kappa shape index (κ2) is 6.56. The summed E-state index contributed by atoms with van der Waals surface area (Å²) in [4.78, 5) is 21.8. The molecule has 0 aromatic carbocycles. The summed E-state index contributed by atoms with van der Waals surface area (Å²) in [7, 11) is 0. The molecule has 142 valence electrons. The molecule has 0 bridgehead atoms. The molecule has 0 unspecified atom stereocenters. The average molecular weight is 394 g/mol. The van der Waals surface area contributed by atoms with Crippen LogP contribution in [0.2, 0.25) is 0 Å². The Hall–Kier alpha value is -3.00. The second-order valence-corrected chi connectivity index (χ2v) is 8.08. The van der Waals surface area contributed by atoms with E-state index in [0.717, 1.165) is 29.2 Å². The Bertz CT molecular complexity index is 1190. The normalized spacial score (nSPS) is 13.9. The molecule has 4 aromatic rings. The molecule has 1 aliphatic carbocycles. The zero-order chi connectivity index (χ0) is 19.3. The topological polar surface area (TPSA) is 94.1 Å². The van der Waals surface area contributed by atoms with Crippen LogP contribution >= 0.6 is 11.3 Å². The molecular formula is C20H18N4O3S. The van der Waals surface area contributed by atoms with Crippen LogP contribution in [0.25, 0.3) is 22.6 Å². The van der Waals surface area contributed by atoms with Gasteiger partial charge in [-0.25, -0.2) is 9.97 Å². The molecular weight excluding hydrogens is 376 g/mol. The molecule has 8 heteroatoms. The SMILES string of the molecule is Cc1nc(-c2ccc(CNC(=O)c3cc(C4CC4)nc4onc(C)c34)o2)cs1. The smallest absolute Gasteiger partial charge is 0.259 e. The summed E-state index contributed by atoms with van der Waals surface area (Å²) in [5.74, 6) is 1.59. The lowest BCUT2D eigenvalue weighted by atomic mass is 10.1. The van der Waals surface area contributed by atoms with Crippen LogP contribution in [0.5, 0.6) is 0 Å². The fourth-order valence-corrected chi connectivity index (χ4v) is 3.83. The Balaban J connectivity index is 1.37. The van der Waals surface area contributed by atoms with Crippen LogP contribution in [0.4, 0.5) is 0 Å². The van der Waals surface area contributed by atoms with Crippen molar-refractivity contribution in [2.75, 3.05) is 0 Å². The highest BCUT2D eigenvalue weighted by atomic mass is 32.1. The Morgan fingerprint density at radius 3 is 2.89 bits per heavy atom. The van der Waals surface area contributed by atoms with E-state index >= 15 is 0 Å². The third kappa shape index (κ3) is 3.09. The van der Waals surface area contributed by atoms with Gasteiger partial charge >= 0.3 is 0 Å². The van der Waals surface area contributed by atoms with Gasteiger partial charge in [-0.1, -0.05) is 5.16 Å². The van der Waals surface area contributed by atoms with Crippen molar-refractivity contribution in [2.24, 2.45) is 0 Å². The maximum atomic E-state index is 12.9. The molecule has 28 heavy (non-hydrogen) atoms. The van der Waals surface area contributed by atoms with Crippen molar-refractivity contribution in [3.63, 3.8) is 0 Å². The second-order valence-electron chi connectivity index (χ2n) is 7.02. The summed E-state index contributed by atoms with van der Waals surface area (Å²) in [6.07, 6.45) is 2.19. The summed E-state index contributed by atoms with van der Waals surface area (Å²) in [5.41, 5.74) is 3.34. The lowest BCUT2D eigenvalue weighted by Gasteiger charge is -2.07. The number of nitrogens with zero attached hydrogens (tertiary/aromatic N) is 3. The van der Waals surface area contributed by atoms with Crippen molar-refractivity contribution >= 4 is 28.3 Å². The fraction of sp³-hybridized carbons (Fsp3) is 0.300. The van der Waals surface area contributed by atoms with Crippen LogP contribution in [0.1, 0.15) is 51.3 Å². The first-order chi connectivity index (χ1) is 13.6. The number of thiazole rings is 1. The van der Waals surface area contributed by atoms with Crippen molar-refractivity contribution < 1.29 is 13.7 Å². The standard InChI is InChI=1S/C20H18N4O3S/c1-10-18-14(7-15(12-3-4-12)23-20(18)27-24-10)19(25)21-8-13-5-6-17(26-13)16-9-28-11(2)22-16/h5-7,9,12H,3-4,8H2,1-2H3,(H,21,25). The van der Waals surface area contributed by atoms with E-state index in [1.165, 1.54) is 0 Å². The van der Waals surface area contributed by atoms with Gasteiger partial charge in [-0.15, -0.1) is 11.3 Å². The van der Waals surface area contributed by atoms with Gasteiger partial charge in [0.25, 0.3) is 11.6 Å². The molecule has 4 aromatic heterocycles. The van der Waals surface area contributed by atoms with Crippen molar-refractivity contribution in [1.29, 1.82) is 0 Å². The molecule has 0 spiro atoms. The zero-order valence-corrected chi connectivity index (χ0v) is 16.3. The summed E-state index contributed by atoms with van der Waals surface area (Å²) in [5, 5.41) is 10.5.